The Hall–Kier alpha value is -2.99. The number of carbonyl (C=O) groups is 1. The van der Waals surface area contributed by atoms with Crippen molar-refractivity contribution in [2.24, 2.45) is 0 Å². The molecular formula is C22H19N3O3. The molecule has 6 rings (SSSR count). The van der Waals surface area contributed by atoms with E-state index in [1.165, 1.54) is 0 Å². The summed E-state index contributed by atoms with van der Waals surface area (Å²) in [6, 6.07) is 12.1. The minimum atomic E-state index is -0.790. The second-order valence-corrected chi connectivity index (χ2v) is 7.86. The maximum atomic E-state index is 13.3. The number of hydrogen-bond donors (Lipinski definition) is 1. The predicted molar refractivity (Wildman–Crippen MR) is 104 cm³/mol. The van der Waals surface area contributed by atoms with Crippen LogP contribution in [0.15, 0.2) is 41.2 Å². The van der Waals surface area contributed by atoms with Gasteiger partial charge in [0.2, 0.25) is 0 Å². The highest BCUT2D eigenvalue weighted by Gasteiger charge is 2.55. The number of fused-ring (bicyclic) bond motifs is 5. The highest BCUT2D eigenvalue weighted by atomic mass is 16.5. The molecule has 2 atom stereocenters. The van der Waals surface area contributed by atoms with E-state index in [1.54, 1.807) is 4.57 Å². The molecular weight excluding hydrogens is 354 g/mol. The molecule has 6 heteroatoms. The Morgan fingerprint density at radius 2 is 2.11 bits per heavy atom. The van der Waals surface area contributed by atoms with E-state index in [9.17, 15) is 9.59 Å². The average molecular weight is 373 g/mol. The molecule has 0 spiro atoms. The molecule has 0 amide bonds. The Bertz CT molecular complexity index is 1240. The maximum Gasteiger partial charge on any atom is 0.318 e. The van der Waals surface area contributed by atoms with Gasteiger partial charge in [0, 0.05) is 23.5 Å². The van der Waals surface area contributed by atoms with E-state index in [1.807, 2.05) is 37.3 Å². The van der Waals surface area contributed by atoms with E-state index in [4.69, 9.17) is 9.72 Å². The lowest BCUT2D eigenvalue weighted by atomic mass is 9.72. The van der Waals surface area contributed by atoms with Crippen LogP contribution < -0.4 is 10.9 Å². The molecule has 0 saturated carbocycles. The zero-order valence-electron chi connectivity index (χ0n) is 15.5. The van der Waals surface area contributed by atoms with Crippen LogP contribution in [-0.2, 0) is 28.1 Å². The fraction of sp³-hybridized carbons (Fsp3) is 0.318. The molecule has 3 aliphatic rings. The van der Waals surface area contributed by atoms with Gasteiger partial charge >= 0.3 is 5.97 Å². The van der Waals surface area contributed by atoms with Gasteiger partial charge in [0.25, 0.3) is 5.56 Å². The van der Waals surface area contributed by atoms with Gasteiger partial charge in [0.1, 0.15) is 12.0 Å². The van der Waals surface area contributed by atoms with Crippen molar-refractivity contribution in [2.75, 3.05) is 6.54 Å². The first-order valence-corrected chi connectivity index (χ1v) is 9.70. The van der Waals surface area contributed by atoms with Crippen molar-refractivity contribution in [2.45, 2.75) is 38.0 Å². The number of para-hydroxylation sites is 1. The molecule has 1 fully saturated rings. The molecule has 140 valence electrons. The molecule has 28 heavy (non-hydrogen) atoms. The number of ether oxygens (including phenoxy) is 1. The molecule has 0 bridgehead atoms. The van der Waals surface area contributed by atoms with Gasteiger partial charge in [-0.2, -0.15) is 0 Å². The minimum Gasteiger partial charge on any atom is -0.460 e. The molecule has 3 aromatic rings. The van der Waals surface area contributed by atoms with E-state index in [2.05, 4.69) is 11.4 Å². The van der Waals surface area contributed by atoms with Crippen LogP contribution in [0.25, 0.3) is 22.3 Å². The van der Waals surface area contributed by atoms with Crippen LogP contribution in [0.4, 0.5) is 0 Å². The number of cyclic esters (lactones) is 1. The monoisotopic (exact) mass is 373 g/mol. The van der Waals surface area contributed by atoms with Gasteiger partial charge in [0.15, 0.2) is 0 Å². The summed E-state index contributed by atoms with van der Waals surface area (Å²) in [5.41, 5.74) is 4.16. The Labute approximate surface area is 161 Å². The van der Waals surface area contributed by atoms with Crippen molar-refractivity contribution < 1.29 is 9.53 Å². The van der Waals surface area contributed by atoms with E-state index in [0.717, 1.165) is 40.0 Å². The first kappa shape index (κ1) is 16.0. The Morgan fingerprint density at radius 1 is 1.29 bits per heavy atom. The van der Waals surface area contributed by atoms with E-state index >= 15 is 0 Å². The van der Waals surface area contributed by atoms with Gasteiger partial charge in [-0.05, 0) is 30.2 Å². The molecule has 1 unspecified atom stereocenters. The third-order valence-electron chi connectivity index (χ3n) is 6.53. The number of aromatic nitrogens is 2. The molecule has 6 nitrogen and oxygen atoms in total. The SMILES string of the molecule is CC[C@@]1(C2CN2)C(=O)OCc2c1cc1n(c2=O)Cc2cc3ccccc3nc2-1. The highest BCUT2D eigenvalue weighted by molar-refractivity contribution is 5.88. The van der Waals surface area contributed by atoms with Crippen LogP contribution in [0.3, 0.4) is 0 Å². The van der Waals surface area contributed by atoms with E-state index < -0.39 is 5.41 Å². The van der Waals surface area contributed by atoms with Crippen molar-refractivity contribution >= 4 is 16.9 Å². The number of carbonyl (C=O) groups excluding carboxylic acids is 1. The molecule has 0 aliphatic carbocycles. The smallest absolute Gasteiger partial charge is 0.318 e. The molecule has 2 aromatic heterocycles. The first-order valence-electron chi connectivity index (χ1n) is 9.70. The zero-order valence-corrected chi connectivity index (χ0v) is 15.5. The Kier molecular flexibility index (Phi) is 3.03. The number of pyridine rings is 2. The average Bonchev–Trinajstić information content (AvgIpc) is 3.49. The van der Waals surface area contributed by atoms with Crippen LogP contribution >= 0.6 is 0 Å². The fourth-order valence-corrected chi connectivity index (χ4v) is 4.95. The number of nitrogens with one attached hydrogen (secondary N) is 1. The zero-order chi connectivity index (χ0) is 19.0. The first-order chi connectivity index (χ1) is 13.6. The summed E-state index contributed by atoms with van der Waals surface area (Å²) in [5, 5.41) is 4.34. The molecule has 1 saturated heterocycles. The van der Waals surface area contributed by atoms with Gasteiger partial charge < -0.3 is 14.6 Å². The van der Waals surface area contributed by atoms with Crippen LogP contribution in [0, 0.1) is 0 Å². The number of rotatable bonds is 2. The molecule has 1 aromatic carbocycles. The fourth-order valence-electron chi connectivity index (χ4n) is 4.95. The topological polar surface area (TPSA) is 83.1 Å². The maximum absolute atomic E-state index is 13.3. The van der Waals surface area contributed by atoms with E-state index in [0.29, 0.717) is 18.5 Å². The Morgan fingerprint density at radius 3 is 2.89 bits per heavy atom. The van der Waals surface area contributed by atoms with Crippen LogP contribution in [-0.4, -0.2) is 28.1 Å². The number of hydrogen-bond acceptors (Lipinski definition) is 5. The summed E-state index contributed by atoms with van der Waals surface area (Å²) in [4.78, 5) is 31.0. The number of benzene rings is 1. The highest BCUT2D eigenvalue weighted by Crippen LogP contribution is 2.43. The summed E-state index contributed by atoms with van der Waals surface area (Å²) < 4.78 is 7.26. The van der Waals surface area contributed by atoms with Gasteiger partial charge in [-0.3, -0.25) is 9.59 Å². The van der Waals surface area contributed by atoms with Gasteiger partial charge in [-0.25, -0.2) is 4.98 Å². The summed E-state index contributed by atoms with van der Waals surface area (Å²) in [6.07, 6.45) is 0.595. The van der Waals surface area contributed by atoms with Crippen LogP contribution in [0.2, 0.25) is 0 Å². The normalized spacial score (nSPS) is 24.5. The Balaban J connectivity index is 1.64. The van der Waals surface area contributed by atoms with Crippen molar-refractivity contribution in [1.82, 2.24) is 14.9 Å². The summed E-state index contributed by atoms with van der Waals surface area (Å²) in [7, 11) is 0. The lowest BCUT2D eigenvalue weighted by Crippen LogP contribution is -2.49. The second kappa shape index (κ2) is 5.29. The summed E-state index contributed by atoms with van der Waals surface area (Å²) in [5.74, 6) is -0.230. The molecule has 3 aliphatic heterocycles. The van der Waals surface area contributed by atoms with Crippen LogP contribution in [0.1, 0.15) is 30.0 Å². The third kappa shape index (κ3) is 1.88. The van der Waals surface area contributed by atoms with Crippen molar-refractivity contribution in [3.05, 3.63) is 63.4 Å². The largest absolute Gasteiger partial charge is 0.460 e. The number of nitrogens with zero attached hydrogens (tertiary/aromatic N) is 2. The van der Waals surface area contributed by atoms with Gasteiger partial charge in [-0.15, -0.1) is 0 Å². The minimum absolute atomic E-state index is 0.0249. The van der Waals surface area contributed by atoms with Gasteiger partial charge in [0.05, 0.1) is 29.0 Å². The molecule has 1 N–H and O–H groups in total. The van der Waals surface area contributed by atoms with Crippen molar-refractivity contribution in [3.63, 3.8) is 0 Å². The second-order valence-electron chi connectivity index (χ2n) is 7.86. The third-order valence-corrected chi connectivity index (χ3v) is 6.53. The quantitative estimate of drug-likeness (QED) is 0.430. The predicted octanol–water partition coefficient (Wildman–Crippen LogP) is 2.10. The van der Waals surface area contributed by atoms with Crippen molar-refractivity contribution in [1.29, 1.82) is 0 Å². The molecule has 0 radical (unpaired) electrons. The number of esters is 1. The summed E-state index contributed by atoms with van der Waals surface area (Å²) in [6.45, 7) is 3.30. The van der Waals surface area contributed by atoms with Crippen molar-refractivity contribution in [3.8, 4) is 11.4 Å². The standard InChI is InChI=1S/C22H19N3O3/c1-2-22(18-9-23-18)15-8-17-19-13(7-12-5-3-4-6-16(12)24-19)10-25(17)20(26)14(15)11-28-21(22)27/h3-8,18,23H,2,9-11H2,1H3/t18?,22-/m1/s1. The van der Waals surface area contributed by atoms with E-state index in [-0.39, 0.29) is 24.2 Å². The molecule has 5 heterocycles. The lowest BCUT2D eigenvalue weighted by molar-refractivity contribution is -0.154. The van der Waals surface area contributed by atoms with Gasteiger partial charge in [-0.1, -0.05) is 25.1 Å². The summed E-state index contributed by atoms with van der Waals surface area (Å²) >= 11 is 0. The lowest BCUT2D eigenvalue weighted by Gasteiger charge is -2.36. The van der Waals surface area contributed by atoms with Crippen LogP contribution in [0.5, 0.6) is 0 Å².